The first-order valence-corrected chi connectivity index (χ1v) is 8.20. The van der Waals surface area contributed by atoms with Crippen molar-refractivity contribution in [1.82, 2.24) is 5.32 Å². The van der Waals surface area contributed by atoms with Crippen LogP contribution in [0.2, 0.25) is 10.0 Å². The Morgan fingerprint density at radius 2 is 1.79 bits per heavy atom. The van der Waals surface area contributed by atoms with Crippen LogP contribution in [0.15, 0.2) is 36.4 Å². The third-order valence-corrected chi connectivity index (χ3v) is 4.33. The molecule has 0 saturated heterocycles. The number of amides is 2. The van der Waals surface area contributed by atoms with E-state index in [1.165, 1.54) is 0 Å². The molecule has 126 valence electrons. The Morgan fingerprint density at radius 3 is 2.54 bits per heavy atom. The third-order valence-electron chi connectivity index (χ3n) is 3.59. The van der Waals surface area contributed by atoms with Crippen LogP contribution >= 0.6 is 23.2 Å². The van der Waals surface area contributed by atoms with Crippen LogP contribution in [0.25, 0.3) is 0 Å². The summed E-state index contributed by atoms with van der Waals surface area (Å²) in [4.78, 5) is 12.1. The van der Waals surface area contributed by atoms with Gasteiger partial charge in [0.2, 0.25) is 0 Å². The van der Waals surface area contributed by atoms with Gasteiger partial charge in [-0.1, -0.05) is 29.3 Å². The smallest absolute Gasteiger partial charge is 0.319 e. The van der Waals surface area contributed by atoms with E-state index in [9.17, 15) is 4.79 Å². The van der Waals surface area contributed by atoms with Gasteiger partial charge in [0.15, 0.2) is 11.5 Å². The maximum Gasteiger partial charge on any atom is 0.319 e. The standard InChI is InChI=1S/C17H16Cl2N2O3/c1-10(11-2-5-15-16(8-11)24-7-6-23-15)20-17(22)21-12-3-4-13(18)14(19)9-12/h2-5,8-10H,6-7H2,1H3,(H2,20,21,22)/t10-/m0/s1. The largest absolute Gasteiger partial charge is 0.486 e. The van der Waals surface area contributed by atoms with E-state index < -0.39 is 0 Å². The van der Waals surface area contributed by atoms with Crippen molar-refractivity contribution < 1.29 is 14.3 Å². The predicted octanol–water partition coefficient (Wildman–Crippen LogP) is 4.65. The molecule has 1 atom stereocenters. The first-order valence-electron chi connectivity index (χ1n) is 7.45. The molecule has 0 saturated carbocycles. The van der Waals surface area contributed by atoms with Gasteiger partial charge in [0.25, 0.3) is 0 Å². The minimum Gasteiger partial charge on any atom is -0.486 e. The molecule has 0 aromatic heterocycles. The molecule has 0 fully saturated rings. The molecule has 24 heavy (non-hydrogen) atoms. The third kappa shape index (κ3) is 3.86. The Labute approximate surface area is 149 Å². The highest BCUT2D eigenvalue weighted by Crippen LogP contribution is 2.32. The average Bonchev–Trinajstić information content (AvgIpc) is 2.57. The summed E-state index contributed by atoms with van der Waals surface area (Å²) in [6, 6.07) is 9.99. The molecule has 3 rings (SSSR count). The molecular weight excluding hydrogens is 351 g/mol. The number of anilines is 1. The Bertz CT molecular complexity index is 767. The maximum absolute atomic E-state index is 12.1. The molecule has 0 spiro atoms. The molecule has 1 heterocycles. The lowest BCUT2D eigenvalue weighted by atomic mass is 10.1. The van der Waals surface area contributed by atoms with Crippen molar-refractivity contribution in [3.05, 3.63) is 52.0 Å². The monoisotopic (exact) mass is 366 g/mol. The predicted molar refractivity (Wildman–Crippen MR) is 94.5 cm³/mol. The van der Waals surface area contributed by atoms with Gasteiger partial charge in [-0.3, -0.25) is 0 Å². The van der Waals surface area contributed by atoms with E-state index in [4.69, 9.17) is 32.7 Å². The topological polar surface area (TPSA) is 59.6 Å². The summed E-state index contributed by atoms with van der Waals surface area (Å²) in [5.74, 6) is 1.41. The van der Waals surface area contributed by atoms with Gasteiger partial charge in [-0.05, 0) is 42.8 Å². The average molecular weight is 367 g/mol. The summed E-state index contributed by atoms with van der Waals surface area (Å²) >= 11 is 11.8. The first kappa shape index (κ1) is 16.7. The first-order chi connectivity index (χ1) is 11.5. The van der Waals surface area contributed by atoms with Gasteiger partial charge < -0.3 is 20.1 Å². The van der Waals surface area contributed by atoms with Crippen LogP contribution in [-0.4, -0.2) is 19.2 Å². The highest BCUT2D eigenvalue weighted by Gasteiger charge is 2.16. The van der Waals surface area contributed by atoms with Crippen molar-refractivity contribution in [1.29, 1.82) is 0 Å². The minimum atomic E-state index is -0.337. The molecule has 0 radical (unpaired) electrons. The fourth-order valence-corrected chi connectivity index (χ4v) is 2.65. The van der Waals surface area contributed by atoms with E-state index in [1.807, 2.05) is 25.1 Å². The number of nitrogens with one attached hydrogen (secondary N) is 2. The number of rotatable bonds is 3. The molecule has 1 aliphatic heterocycles. The van der Waals surface area contributed by atoms with Crippen LogP contribution in [-0.2, 0) is 0 Å². The molecular formula is C17H16Cl2N2O3. The van der Waals surface area contributed by atoms with Crippen LogP contribution in [0.4, 0.5) is 10.5 Å². The molecule has 2 N–H and O–H groups in total. The normalized spacial score (nSPS) is 14.0. The second-order valence-corrected chi connectivity index (χ2v) is 6.17. The van der Waals surface area contributed by atoms with Gasteiger partial charge in [0, 0.05) is 5.69 Å². The quantitative estimate of drug-likeness (QED) is 0.831. The van der Waals surface area contributed by atoms with E-state index in [0.29, 0.717) is 34.7 Å². The Hall–Kier alpha value is -2.11. The number of carbonyl (C=O) groups excluding carboxylic acids is 1. The Morgan fingerprint density at radius 1 is 1.04 bits per heavy atom. The van der Waals surface area contributed by atoms with Crippen molar-refractivity contribution >= 4 is 34.9 Å². The van der Waals surface area contributed by atoms with E-state index in [2.05, 4.69) is 10.6 Å². The van der Waals surface area contributed by atoms with Crippen molar-refractivity contribution in [2.75, 3.05) is 18.5 Å². The van der Waals surface area contributed by atoms with Gasteiger partial charge in [-0.25, -0.2) is 4.79 Å². The summed E-state index contributed by atoms with van der Waals surface area (Å²) in [5.41, 5.74) is 1.49. The van der Waals surface area contributed by atoms with Crippen molar-refractivity contribution in [3.8, 4) is 11.5 Å². The zero-order valence-electron chi connectivity index (χ0n) is 12.9. The summed E-state index contributed by atoms with van der Waals surface area (Å²) in [5, 5.41) is 6.41. The molecule has 0 unspecified atom stereocenters. The number of fused-ring (bicyclic) bond motifs is 1. The lowest BCUT2D eigenvalue weighted by molar-refractivity contribution is 0.171. The zero-order valence-corrected chi connectivity index (χ0v) is 14.4. The Kier molecular flexibility index (Phi) is 5.02. The van der Waals surface area contributed by atoms with Crippen LogP contribution in [0.5, 0.6) is 11.5 Å². The maximum atomic E-state index is 12.1. The fraction of sp³-hybridized carbons (Fsp3) is 0.235. The highest BCUT2D eigenvalue weighted by molar-refractivity contribution is 6.42. The van der Waals surface area contributed by atoms with Gasteiger partial charge >= 0.3 is 6.03 Å². The van der Waals surface area contributed by atoms with Gasteiger partial charge in [0.1, 0.15) is 13.2 Å². The summed E-state index contributed by atoms with van der Waals surface area (Å²) in [6.45, 7) is 2.96. The number of hydrogen-bond acceptors (Lipinski definition) is 3. The molecule has 0 aliphatic carbocycles. The number of benzene rings is 2. The van der Waals surface area contributed by atoms with Gasteiger partial charge in [-0.15, -0.1) is 0 Å². The van der Waals surface area contributed by atoms with Crippen molar-refractivity contribution in [2.24, 2.45) is 0 Å². The number of urea groups is 1. The van der Waals surface area contributed by atoms with E-state index >= 15 is 0 Å². The van der Waals surface area contributed by atoms with E-state index in [0.717, 1.165) is 11.3 Å². The SMILES string of the molecule is C[C@H](NC(=O)Nc1ccc(Cl)c(Cl)c1)c1ccc2c(c1)OCCO2. The van der Waals surface area contributed by atoms with E-state index in [-0.39, 0.29) is 12.1 Å². The second kappa shape index (κ2) is 7.20. The van der Waals surface area contributed by atoms with Gasteiger partial charge in [0.05, 0.1) is 16.1 Å². The molecule has 2 aromatic carbocycles. The summed E-state index contributed by atoms with van der Waals surface area (Å²) in [7, 11) is 0. The Balaban J connectivity index is 1.64. The number of ether oxygens (including phenoxy) is 2. The molecule has 2 amide bonds. The van der Waals surface area contributed by atoms with E-state index in [1.54, 1.807) is 18.2 Å². The summed E-state index contributed by atoms with van der Waals surface area (Å²) in [6.07, 6.45) is 0. The lowest BCUT2D eigenvalue weighted by Crippen LogP contribution is -2.31. The summed E-state index contributed by atoms with van der Waals surface area (Å²) < 4.78 is 11.0. The molecule has 7 heteroatoms. The minimum absolute atomic E-state index is 0.205. The van der Waals surface area contributed by atoms with Crippen LogP contribution in [0.1, 0.15) is 18.5 Å². The van der Waals surface area contributed by atoms with Crippen molar-refractivity contribution in [2.45, 2.75) is 13.0 Å². The molecule has 0 bridgehead atoms. The zero-order chi connectivity index (χ0) is 17.1. The van der Waals surface area contributed by atoms with Crippen molar-refractivity contribution in [3.63, 3.8) is 0 Å². The fourth-order valence-electron chi connectivity index (χ4n) is 2.35. The lowest BCUT2D eigenvalue weighted by Gasteiger charge is -2.21. The van der Waals surface area contributed by atoms with Crippen LogP contribution in [0.3, 0.4) is 0 Å². The number of carbonyl (C=O) groups is 1. The molecule has 2 aromatic rings. The number of hydrogen-bond donors (Lipinski definition) is 2. The van der Waals surface area contributed by atoms with Gasteiger partial charge in [-0.2, -0.15) is 0 Å². The van der Waals surface area contributed by atoms with Crippen LogP contribution < -0.4 is 20.1 Å². The number of halogens is 2. The molecule has 1 aliphatic rings. The highest BCUT2D eigenvalue weighted by atomic mass is 35.5. The van der Waals surface area contributed by atoms with Crippen LogP contribution in [0, 0.1) is 0 Å². The second-order valence-electron chi connectivity index (χ2n) is 5.35. The molecule has 5 nitrogen and oxygen atoms in total.